The summed E-state index contributed by atoms with van der Waals surface area (Å²) < 4.78 is 16.4. The van der Waals surface area contributed by atoms with Gasteiger partial charge in [-0.3, -0.25) is 4.79 Å². The van der Waals surface area contributed by atoms with Crippen molar-refractivity contribution in [2.24, 2.45) is 0 Å². The number of Topliss-reactive ketones (excluding diaryl/α,β-unsaturated/α-hetero) is 1. The molecule has 1 heterocycles. The van der Waals surface area contributed by atoms with E-state index in [0.29, 0.717) is 41.0 Å². The Labute approximate surface area is 133 Å². The summed E-state index contributed by atoms with van der Waals surface area (Å²) in [5.41, 5.74) is 1.45. The van der Waals surface area contributed by atoms with Crippen molar-refractivity contribution in [3.05, 3.63) is 52.5 Å². The first-order chi connectivity index (χ1) is 10.6. The SMILES string of the molecule is Cc1cc(OCC(=O)c2ccc3c(c2)OCCO3)ccc1Cl. The predicted octanol–water partition coefficient (Wildman–Crippen LogP) is 3.68. The van der Waals surface area contributed by atoms with Gasteiger partial charge in [0.25, 0.3) is 0 Å². The number of ether oxygens (including phenoxy) is 3. The van der Waals surface area contributed by atoms with Crippen molar-refractivity contribution in [1.82, 2.24) is 0 Å². The van der Waals surface area contributed by atoms with Crippen molar-refractivity contribution in [1.29, 1.82) is 0 Å². The Balaban J connectivity index is 1.68. The molecule has 4 nitrogen and oxygen atoms in total. The van der Waals surface area contributed by atoms with Crippen molar-refractivity contribution < 1.29 is 19.0 Å². The highest BCUT2D eigenvalue weighted by molar-refractivity contribution is 6.31. The van der Waals surface area contributed by atoms with Crippen LogP contribution in [-0.4, -0.2) is 25.6 Å². The number of rotatable bonds is 4. The maximum absolute atomic E-state index is 12.2. The molecule has 0 amide bonds. The number of carbonyl (C=O) groups is 1. The van der Waals surface area contributed by atoms with Crippen LogP contribution in [-0.2, 0) is 0 Å². The molecule has 0 saturated heterocycles. The van der Waals surface area contributed by atoms with Gasteiger partial charge in [0, 0.05) is 10.6 Å². The summed E-state index contributed by atoms with van der Waals surface area (Å²) in [5, 5.41) is 0.672. The van der Waals surface area contributed by atoms with Gasteiger partial charge in [0.1, 0.15) is 19.0 Å². The Kier molecular flexibility index (Phi) is 4.20. The van der Waals surface area contributed by atoms with Crippen molar-refractivity contribution in [3.8, 4) is 17.2 Å². The van der Waals surface area contributed by atoms with Gasteiger partial charge in [-0.05, 0) is 48.9 Å². The van der Waals surface area contributed by atoms with Crippen molar-refractivity contribution in [2.75, 3.05) is 19.8 Å². The minimum absolute atomic E-state index is 0.0410. The van der Waals surface area contributed by atoms with Gasteiger partial charge in [-0.15, -0.1) is 0 Å². The van der Waals surface area contributed by atoms with Crippen LogP contribution in [0.25, 0.3) is 0 Å². The maximum Gasteiger partial charge on any atom is 0.200 e. The third-order valence-corrected chi connectivity index (χ3v) is 3.79. The normalized spacial score (nSPS) is 12.8. The molecular weight excluding hydrogens is 304 g/mol. The largest absolute Gasteiger partial charge is 0.486 e. The van der Waals surface area contributed by atoms with E-state index < -0.39 is 0 Å². The lowest BCUT2D eigenvalue weighted by molar-refractivity contribution is 0.0920. The molecule has 2 aromatic carbocycles. The number of benzene rings is 2. The van der Waals surface area contributed by atoms with Crippen LogP contribution >= 0.6 is 11.6 Å². The van der Waals surface area contributed by atoms with Crippen LogP contribution in [0.1, 0.15) is 15.9 Å². The Morgan fingerprint density at radius 1 is 1.14 bits per heavy atom. The minimum atomic E-state index is -0.121. The molecule has 0 bridgehead atoms. The number of fused-ring (bicyclic) bond motifs is 1. The second kappa shape index (κ2) is 6.28. The lowest BCUT2D eigenvalue weighted by atomic mass is 10.1. The van der Waals surface area contributed by atoms with E-state index in [2.05, 4.69) is 0 Å². The molecule has 0 N–H and O–H groups in total. The molecule has 0 aliphatic carbocycles. The first kappa shape index (κ1) is 14.7. The van der Waals surface area contributed by atoms with Gasteiger partial charge >= 0.3 is 0 Å². The maximum atomic E-state index is 12.2. The average Bonchev–Trinajstić information content (AvgIpc) is 2.55. The third-order valence-electron chi connectivity index (χ3n) is 3.36. The van der Waals surface area contributed by atoms with Gasteiger partial charge in [-0.1, -0.05) is 11.6 Å². The molecule has 1 aliphatic rings. The molecule has 0 spiro atoms. The number of aryl methyl sites for hydroxylation is 1. The summed E-state index contributed by atoms with van der Waals surface area (Å²) in [5.74, 6) is 1.76. The Morgan fingerprint density at radius 2 is 1.91 bits per heavy atom. The fraction of sp³-hybridized carbons (Fsp3) is 0.235. The number of hydrogen-bond acceptors (Lipinski definition) is 4. The lowest BCUT2D eigenvalue weighted by Crippen LogP contribution is -2.17. The highest BCUT2D eigenvalue weighted by atomic mass is 35.5. The fourth-order valence-corrected chi connectivity index (χ4v) is 2.27. The van der Waals surface area contributed by atoms with E-state index in [4.69, 9.17) is 25.8 Å². The highest BCUT2D eigenvalue weighted by Gasteiger charge is 2.15. The standard InChI is InChI=1S/C17H15ClO4/c1-11-8-13(3-4-14(11)18)22-10-15(19)12-2-5-16-17(9-12)21-7-6-20-16/h2-5,8-9H,6-7,10H2,1H3. The molecule has 0 fully saturated rings. The summed E-state index contributed by atoms with van der Waals surface area (Å²) in [6.07, 6.45) is 0. The van der Waals surface area contributed by atoms with Gasteiger partial charge in [-0.25, -0.2) is 0 Å². The predicted molar refractivity (Wildman–Crippen MR) is 83.4 cm³/mol. The fourth-order valence-electron chi connectivity index (χ4n) is 2.16. The van der Waals surface area contributed by atoms with Crippen molar-refractivity contribution in [2.45, 2.75) is 6.92 Å². The number of ketones is 1. The van der Waals surface area contributed by atoms with Crippen LogP contribution in [0.15, 0.2) is 36.4 Å². The molecule has 114 valence electrons. The average molecular weight is 319 g/mol. The zero-order chi connectivity index (χ0) is 15.5. The number of carbonyl (C=O) groups excluding carboxylic acids is 1. The lowest BCUT2D eigenvalue weighted by Gasteiger charge is -2.18. The third kappa shape index (κ3) is 3.17. The Morgan fingerprint density at radius 3 is 2.68 bits per heavy atom. The van der Waals surface area contributed by atoms with E-state index in [1.54, 1.807) is 36.4 Å². The number of hydrogen-bond donors (Lipinski definition) is 0. The topological polar surface area (TPSA) is 44.8 Å². The van der Waals surface area contributed by atoms with E-state index in [0.717, 1.165) is 5.56 Å². The van der Waals surface area contributed by atoms with Crippen LogP contribution in [0.2, 0.25) is 5.02 Å². The van der Waals surface area contributed by atoms with Crippen molar-refractivity contribution >= 4 is 17.4 Å². The molecule has 22 heavy (non-hydrogen) atoms. The van der Waals surface area contributed by atoms with Crippen LogP contribution in [0.5, 0.6) is 17.2 Å². The smallest absolute Gasteiger partial charge is 0.200 e. The van der Waals surface area contributed by atoms with Gasteiger partial charge in [0.05, 0.1) is 0 Å². The van der Waals surface area contributed by atoms with Gasteiger partial charge in [0.2, 0.25) is 0 Å². The van der Waals surface area contributed by atoms with Crippen LogP contribution in [0.4, 0.5) is 0 Å². The Hall–Kier alpha value is -2.20. The molecule has 0 radical (unpaired) electrons. The monoisotopic (exact) mass is 318 g/mol. The highest BCUT2D eigenvalue weighted by Crippen LogP contribution is 2.31. The van der Waals surface area contributed by atoms with E-state index in [9.17, 15) is 4.79 Å². The van der Waals surface area contributed by atoms with Crippen molar-refractivity contribution in [3.63, 3.8) is 0 Å². The summed E-state index contributed by atoms with van der Waals surface area (Å²) in [7, 11) is 0. The summed E-state index contributed by atoms with van der Waals surface area (Å²) in [4.78, 5) is 12.2. The molecule has 3 rings (SSSR count). The number of halogens is 1. The van der Waals surface area contributed by atoms with E-state index in [-0.39, 0.29) is 12.4 Å². The Bertz CT molecular complexity index is 712. The molecule has 0 saturated carbocycles. The second-order valence-corrected chi connectivity index (χ2v) is 5.39. The summed E-state index contributed by atoms with van der Waals surface area (Å²) in [6.45, 7) is 2.86. The van der Waals surface area contributed by atoms with Crippen LogP contribution in [0.3, 0.4) is 0 Å². The molecular formula is C17H15ClO4. The first-order valence-corrected chi connectivity index (χ1v) is 7.33. The summed E-state index contributed by atoms with van der Waals surface area (Å²) in [6, 6.07) is 10.4. The minimum Gasteiger partial charge on any atom is -0.486 e. The van der Waals surface area contributed by atoms with Gasteiger partial charge in [-0.2, -0.15) is 0 Å². The quantitative estimate of drug-likeness (QED) is 0.807. The summed E-state index contributed by atoms with van der Waals surface area (Å²) >= 11 is 5.96. The first-order valence-electron chi connectivity index (χ1n) is 6.95. The molecule has 1 aliphatic heterocycles. The molecule has 2 aromatic rings. The van der Waals surface area contributed by atoms with E-state index in [1.165, 1.54) is 0 Å². The molecule has 0 atom stereocenters. The van der Waals surface area contributed by atoms with Gasteiger partial charge in [0.15, 0.2) is 23.9 Å². The van der Waals surface area contributed by atoms with Crippen LogP contribution < -0.4 is 14.2 Å². The van der Waals surface area contributed by atoms with E-state index in [1.807, 2.05) is 6.92 Å². The molecule has 0 unspecified atom stereocenters. The van der Waals surface area contributed by atoms with Crippen LogP contribution in [0, 0.1) is 6.92 Å². The molecule has 0 aromatic heterocycles. The zero-order valence-electron chi connectivity index (χ0n) is 12.1. The zero-order valence-corrected chi connectivity index (χ0v) is 12.9. The molecule has 5 heteroatoms. The van der Waals surface area contributed by atoms with Gasteiger partial charge < -0.3 is 14.2 Å². The second-order valence-electron chi connectivity index (χ2n) is 4.98. The van der Waals surface area contributed by atoms with E-state index >= 15 is 0 Å².